The molecule has 1 heterocycles. The molecule has 14 heavy (non-hydrogen) atoms. The molecule has 0 bridgehead atoms. The normalized spacial score (nSPS) is 10.4. The summed E-state index contributed by atoms with van der Waals surface area (Å²) >= 11 is 1.22. The molecule has 0 spiro atoms. The summed E-state index contributed by atoms with van der Waals surface area (Å²) in [5.74, 6) is -1.15. The predicted molar refractivity (Wildman–Crippen MR) is 49.1 cm³/mol. The Hall–Kier alpha value is -1.36. The van der Waals surface area contributed by atoms with E-state index in [1.807, 2.05) is 0 Å². The first kappa shape index (κ1) is 9.21. The standard InChI is InChI=1S/C9H6F2N2S/c10-6-3-7(11)5-8(4-6)14-9-1-2-12-13-9/h1-5H,(H,12,13). The van der Waals surface area contributed by atoms with E-state index in [1.54, 1.807) is 12.3 Å². The number of rotatable bonds is 2. The zero-order valence-corrected chi connectivity index (χ0v) is 7.81. The molecule has 0 fully saturated rings. The highest BCUT2D eigenvalue weighted by Crippen LogP contribution is 2.26. The van der Waals surface area contributed by atoms with Gasteiger partial charge in [-0.2, -0.15) is 5.10 Å². The van der Waals surface area contributed by atoms with Crippen molar-refractivity contribution in [2.24, 2.45) is 0 Å². The lowest BCUT2D eigenvalue weighted by molar-refractivity contribution is 0.577. The second-order valence-corrected chi connectivity index (χ2v) is 3.74. The number of aromatic nitrogens is 2. The maximum atomic E-state index is 12.8. The monoisotopic (exact) mass is 212 g/mol. The van der Waals surface area contributed by atoms with Crippen LogP contribution in [0.4, 0.5) is 8.78 Å². The molecule has 0 aliphatic carbocycles. The van der Waals surface area contributed by atoms with Gasteiger partial charge in [0.1, 0.15) is 11.6 Å². The van der Waals surface area contributed by atoms with Crippen LogP contribution in [-0.4, -0.2) is 10.2 Å². The highest BCUT2D eigenvalue weighted by molar-refractivity contribution is 7.99. The predicted octanol–water partition coefficient (Wildman–Crippen LogP) is 2.84. The molecule has 72 valence electrons. The third-order valence-electron chi connectivity index (χ3n) is 1.54. The second-order valence-electron chi connectivity index (χ2n) is 2.63. The summed E-state index contributed by atoms with van der Waals surface area (Å²) in [7, 11) is 0. The molecule has 0 radical (unpaired) electrons. The van der Waals surface area contributed by atoms with Crippen LogP contribution in [0.5, 0.6) is 0 Å². The third kappa shape index (κ3) is 2.11. The van der Waals surface area contributed by atoms with Crippen molar-refractivity contribution in [2.75, 3.05) is 0 Å². The first-order valence-electron chi connectivity index (χ1n) is 3.87. The van der Waals surface area contributed by atoms with Gasteiger partial charge in [-0.25, -0.2) is 8.78 Å². The Labute approximate surface area is 83.3 Å². The van der Waals surface area contributed by atoms with E-state index in [2.05, 4.69) is 10.2 Å². The molecule has 0 saturated heterocycles. The van der Waals surface area contributed by atoms with E-state index in [-0.39, 0.29) is 0 Å². The largest absolute Gasteiger partial charge is 0.272 e. The average Bonchev–Trinajstić information content (AvgIpc) is 2.54. The lowest BCUT2D eigenvalue weighted by atomic mass is 10.3. The lowest BCUT2D eigenvalue weighted by Crippen LogP contribution is -1.81. The smallest absolute Gasteiger partial charge is 0.127 e. The van der Waals surface area contributed by atoms with Crippen molar-refractivity contribution in [3.05, 3.63) is 42.1 Å². The summed E-state index contributed by atoms with van der Waals surface area (Å²) in [6, 6.07) is 5.12. The summed E-state index contributed by atoms with van der Waals surface area (Å²) < 4.78 is 25.6. The van der Waals surface area contributed by atoms with Gasteiger partial charge in [-0.1, -0.05) is 11.8 Å². The Morgan fingerprint density at radius 2 is 1.86 bits per heavy atom. The van der Waals surface area contributed by atoms with Crippen LogP contribution in [0.15, 0.2) is 40.4 Å². The lowest BCUT2D eigenvalue weighted by Gasteiger charge is -1.98. The zero-order valence-electron chi connectivity index (χ0n) is 7.00. The quantitative estimate of drug-likeness (QED) is 0.829. The van der Waals surface area contributed by atoms with Crippen LogP contribution in [0.25, 0.3) is 0 Å². The van der Waals surface area contributed by atoms with E-state index in [0.29, 0.717) is 4.90 Å². The van der Waals surface area contributed by atoms with Gasteiger partial charge in [-0.15, -0.1) is 0 Å². The summed E-state index contributed by atoms with van der Waals surface area (Å²) in [6.07, 6.45) is 1.58. The molecule has 0 amide bonds. The number of nitrogens with zero attached hydrogens (tertiary/aromatic N) is 1. The van der Waals surface area contributed by atoms with Gasteiger partial charge in [0.25, 0.3) is 0 Å². The number of hydrogen-bond donors (Lipinski definition) is 1. The van der Waals surface area contributed by atoms with Gasteiger partial charge in [0.05, 0.1) is 5.03 Å². The zero-order chi connectivity index (χ0) is 9.97. The number of halogens is 2. The van der Waals surface area contributed by atoms with Crippen molar-refractivity contribution in [2.45, 2.75) is 9.92 Å². The Bertz CT molecular complexity index is 408. The van der Waals surface area contributed by atoms with Gasteiger partial charge in [0.15, 0.2) is 0 Å². The number of aromatic amines is 1. The van der Waals surface area contributed by atoms with Crippen molar-refractivity contribution in [3.8, 4) is 0 Å². The molecule has 2 aromatic rings. The van der Waals surface area contributed by atoms with E-state index in [9.17, 15) is 8.78 Å². The molecule has 0 atom stereocenters. The van der Waals surface area contributed by atoms with E-state index < -0.39 is 11.6 Å². The fraction of sp³-hybridized carbons (Fsp3) is 0. The number of benzene rings is 1. The van der Waals surface area contributed by atoms with Gasteiger partial charge in [-0.3, -0.25) is 5.10 Å². The molecule has 2 rings (SSSR count). The van der Waals surface area contributed by atoms with Crippen LogP contribution in [0.2, 0.25) is 0 Å². The minimum Gasteiger partial charge on any atom is -0.272 e. The molecule has 1 aromatic heterocycles. The van der Waals surface area contributed by atoms with Crippen molar-refractivity contribution in [1.29, 1.82) is 0 Å². The molecular formula is C9H6F2N2S. The Balaban J connectivity index is 2.25. The SMILES string of the molecule is Fc1cc(F)cc(Sc2ccn[nH]2)c1. The Morgan fingerprint density at radius 3 is 2.43 bits per heavy atom. The first-order chi connectivity index (χ1) is 6.74. The maximum absolute atomic E-state index is 12.8. The fourth-order valence-electron chi connectivity index (χ4n) is 1.01. The molecule has 0 unspecified atom stereocenters. The molecule has 1 aromatic carbocycles. The number of H-pyrrole nitrogens is 1. The Kier molecular flexibility index (Phi) is 2.49. The molecule has 0 aliphatic heterocycles. The van der Waals surface area contributed by atoms with E-state index in [4.69, 9.17) is 0 Å². The highest BCUT2D eigenvalue weighted by atomic mass is 32.2. The maximum Gasteiger partial charge on any atom is 0.127 e. The number of hydrogen-bond acceptors (Lipinski definition) is 2. The highest BCUT2D eigenvalue weighted by Gasteiger charge is 2.02. The van der Waals surface area contributed by atoms with Crippen LogP contribution >= 0.6 is 11.8 Å². The first-order valence-corrected chi connectivity index (χ1v) is 4.69. The van der Waals surface area contributed by atoms with Crippen LogP contribution in [0.1, 0.15) is 0 Å². The third-order valence-corrected chi connectivity index (χ3v) is 2.46. The second kappa shape index (κ2) is 3.79. The Morgan fingerprint density at radius 1 is 1.14 bits per heavy atom. The van der Waals surface area contributed by atoms with Gasteiger partial charge in [0, 0.05) is 17.2 Å². The van der Waals surface area contributed by atoms with Crippen LogP contribution < -0.4 is 0 Å². The van der Waals surface area contributed by atoms with Gasteiger partial charge in [-0.05, 0) is 18.2 Å². The summed E-state index contributed by atoms with van der Waals surface area (Å²) in [5.41, 5.74) is 0. The van der Waals surface area contributed by atoms with Gasteiger partial charge < -0.3 is 0 Å². The summed E-state index contributed by atoms with van der Waals surface area (Å²) in [5, 5.41) is 7.17. The van der Waals surface area contributed by atoms with Crippen molar-refractivity contribution < 1.29 is 8.78 Å². The van der Waals surface area contributed by atoms with E-state index in [0.717, 1.165) is 11.1 Å². The van der Waals surface area contributed by atoms with Crippen LogP contribution in [0.3, 0.4) is 0 Å². The molecule has 0 aliphatic rings. The fourth-order valence-corrected chi connectivity index (χ4v) is 1.84. The number of nitrogens with one attached hydrogen (secondary N) is 1. The van der Waals surface area contributed by atoms with E-state index in [1.165, 1.54) is 23.9 Å². The molecule has 5 heteroatoms. The molecule has 0 saturated carbocycles. The molecular weight excluding hydrogens is 206 g/mol. The van der Waals surface area contributed by atoms with Crippen molar-refractivity contribution >= 4 is 11.8 Å². The topological polar surface area (TPSA) is 28.7 Å². The average molecular weight is 212 g/mol. The molecule has 1 N–H and O–H groups in total. The van der Waals surface area contributed by atoms with Crippen LogP contribution in [0, 0.1) is 11.6 Å². The minimum absolute atomic E-state index is 0.506. The van der Waals surface area contributed by atoms with Crippen molar-refractivity contribution in [3.63, 3.8) is 0 Å². The molecule has 2 nitrogen and oxygen atoms in total. The van der Waals surface area contributed by atoms with Crippen molar-refractivity contribution in [1.82, 2.24) is 10.2 Å². The van der Waals surface area contributed by atoms with Crippen LogP contribution in [-0.2, 0) is 0 Å². The summed E-state index contributed by atoms with van der Waals surface area (Å²) in [6.45, 7) is 0. The van der Waals surface area contributed by atoms with Gasteiger partial charge in [0.2, 0.25) is 0 Å². The van der Waals surface area contributed by atoms with Gasteiger partial charge >= 0.3 is 0 Å². The van der Waals surface area contributed by atoms with E-state index >= 15 is 0 Å². The summed E-state index contributed by atoms with van der Waals surface area (Å²) in [4.78, 5) is 0.506. The minimum atomic E-state index is -0.577.